The van der Waals surface area contributed by atoms with Crippen LogP contribution in [0.15, 0.2) is 18.2 Å². The van der Waals surface area contributed by atoms with E-state index >= 15 is 0 Å². The number of nitrogens with two attached hydrogens (primary N) is 1. The van der Waals surface area contributed by atoms with Crippen LogP contribution in [0.2, 0.25) is 0 Å². The molecule has 6 heteroatoms. The highest BCUT2D eigenvalue weighted by molar-refractivity contribution is 5.78. The molecule has 1 unspecified atom stereocenters. The number of nitrogens with one attached hydrogen (secondary N) is 1. The van der Waals surface area contributed by atoms with Crippen LogP contribution in [-0.2, 0) is 0 Å². The zero-order chi connectivity index (χ0) is 14.2. The Morgan fingerprint density at radius 1 is 1.47 bits per heavy atom. The minimum absolute atomic E-state index is 0.282. The van der Waals surface area contributed by atoms with Crippen molar-refractivity contribution < 1.29 is 13.6 Å². The van der Waals surface area contributed by atoms with Crippen LogP contribution in [0, 0.1) is 11.6 Å². The number of carbonyl (C=O) groups excluding carboxylic acids is 1. The molecule has 1 aromatic rings. The Bertz CT molecular complexity index is 505. The predicted octanol–water partition coefficient (Wildman–Crippen LogP) is 1.77. The van der Waals surface area contributed by atoms with Crippen molar-refractivity contribution in [2.75, 3.05) is 13.1 Å². The standard InChI is InChI=1S/C13H17F2N3O/c1-13(2,7-16)18-6-11(17-12(18)19)9-4-3-8(14)5-10(9)15/h3-5,11H,6-7,16H2,1-2H3,(H,17,19). The number of nitrogens with zero attached hydrogens (tertiary/aromatic N) is 1. The lowest BCUT2D eigenvalue weighted by Crippen LogP contribution is -2.50. The summed E-state index contributed by atoms with van der Waals surface area (Å²) in [6.07, 6.45) is 0. The molecule has 0 spiro atoms. The Morgan fingerprint density at radius 3 is 2.74 bits per heavy atom. The molecule has 1 aliphatic rings. The van der Waals surface area contributed by atoms with Crippen LogP contribution in [0.5, 0.6) is 0 Å². The molecule has 0 aromatic heterocycles. The second kappa shape index (κ2) is 4.77. The SMILES string of the molecule is CC(C)(CN)N1CC(c2ccc(F)cc2F)NC1=O. The van der Waals surface area contributed by atoms with Gasteiger partial charge in [-0.15, -0.1) is 0 Å². The molecule has 4 nitrogen and oxygen atoms in total. The van der Waals surface area contributed by atoms with E-state index in [2.05, 4.69) is 5.32 Å². The van der Waals surface area contributed by atoms with E-state index in [1.807, 2.05) is 13.8 Å². The number of benzene rings is 1. The summed E-state index contributed by atoms with van der Waals surface area (Å²) in [7, 11) is 0. The van der Waals surface area contributed by atoms with Crippen molar-refractivity contribution in [2.45, 2.75) is 25.4 Å². The first kappa shape index (κ1) is 13.7. The topological polar surface area (TPSA) is 58.4 Å². The zero-order valence-corrected chi connectivity index (χ0v) is 10.9. The highest BCUT2D eigenvalue weighted by Gasteiger charge is 2.39. The highest BCUT2D eigenvalue weighted by atomic mass is 19.1. The van der Waals surface area contributed by atoms with Crippen molar-refractivity contribution in [1.29, 1.82) is 0 Å². The van der Waals surface area contributed by atoms with E-state index < -0.39 is 23.2 Å². The van der Waals surface area contributed by atoms with Crippen LogP contribution in [0.25, 0.3) is 0 Å². The summed E-state index contributed by atoms with van der Waals surface area (Å²) in [6.45, 7) is 4.30. The number of hydrogen-bond donors (Lipinski definition) is 2. The highest BCUT2D eigenvalue weighted by Crippen LogP contribution is 2.27. The number of urea groups is 1. The van der Waals surface area contributed by atoms with Crippen molar-refractivity contribution >= 4 is 6.03 Å². The molecule has 1 saturated heterocycles. The number of halogens is 2. The van der Waals surface area contributed by atoms with Crippen molar-refractivity contribution in [3.63, 3.8) is 0 Å². The van der Waals surface area contributed by atoms with Gasteiger partial charge in [-0.1, -0.05) is 6.07 Å². The zero-order valence-electron chi connectivity index (χ0n) is 10.9. The largest absolute Gasteiger partial charge is 0.329 e. The smallest absolute Gasteiger partial charge is 0.318 e. The van der Waals surface area contributed by atoms with Gasteiger partial charge in [0.2, 0.25) is 0 Å². The van der Waals surface area contributed by atoms with Crippen LogP contribution in [-0.4, -0.2) is 29.6 Å². The maximum Gasteiger partial charge on any atom is 0.318 e. The molecule has 1 aliphatic heterocycles. The molecule has 19 heavy (non-hydrogen) atoms. The lowest BCUT2D eigenvalue weighted by atomic mass is 10.0. The average molecular weight is 269 g/mol. The van der Waals surface area contributed by atoms with E-state index in [1.54, 1.807) is 4.90 Å². The van der Waals surface area contributed by atoms with Gasteiger partial charge < -0.3 is 16.0 Å². The molecular formula is C13H17F2N3O. The summed E-state index contributed by atoms with van der Waals surface area (Å²) in [5, 5.41) is 2.69. The molecule has 104 valence electrons. The predicted molar refractivity (Wildman–Crippen MR) is 67.5 cm³/mol. The Balaban J connectivity index is 2.24. The molecule has 1 atom stereocenters. The van der Waals surface area contributed by atoms with Gasteiger partial charge in [0.05, 0.1) is 11.6 Å². The maximum atomic E-state index is 13.7. The van der Waals surface area contributed by atoms with Crippen molar-refractivity contribution in [1.82, 2.24) is 10.2 Å². The molecule has 0 aliphatic carbocycles. The van der Waals surface area contributed by atoms with Gasteiger partial charge in [-0.25, -0.2) is 13.6 Å². The number of amides is 2. The van der Waals surface area contributed by atoms with Gasteiger partial charge in [0.15, 0.2) is 0 Å². The van der Waals surface area contributed by atoms with Gasteiger partial charge >= 0.3 is 6.03 Å². The van der Waals surface area contributed by atoms with Gasteiger partial charge in [-0.3, -0.25) is 0 Å². The van der Waals surface area contributed by atoms with E-state index in [9.17, 15) is 13.6 Å². The van der Waals surface area contributed by atoms with E-state index in [-0.39, 0.29) is 11.6 Å². The van der Waals surface area contributed by atoms with Gasteiger partial charge in [-0.05, 0) is 19.9 Å². The Morgan fingerprint density at radius 2 is 2.16 bits per heavy atom. The van der Waals surface area contributed by atoms with E-state index in [0.717, 1.165) is 6.07 Å². The monoisotopic (exact) mass is 269 g/mol. The average Bonchev–Trinajstić information content (AvgIpc) is 2.72. The molecule has 1 aromatic carbocycles. The first-order chi connectivity index (χ1) is 8.85. The third kappa shape index (κ3) is 2.53. The fourth-order valence-corrected chi connectivity index (χ4v) is 2.13. The number of hydrogen-bond acceptors (Lipinski definition) is 2. The van der Waals surface area contributed by atoms with Crippen LogP contribution in [0.4, 0.5) is 13.6 Å². The summed E-state index contributed by atoms with van der Waals surface area (Å²) >= 11 is 0. The Hall–Kier alpha value is -1.69. The summed E-state index contributed by atoms with van der Waals surface area (Å²) in [5.41, 5.74) is 5.41. The Kier molecular flexibility index (Phi) is 3.45. The quantitative estimate of drug-likeness (QED) is 0.878. The molecule has 1 heterocycles. The van der Waals surface area contributed by atoms with Crippen molar-refractivity contribution in [2.24, 2.45) is 5.73 Å². The third-order valence-corrected chi connectivity index (χ3v) is 3.48. The molecule has 0 saturated carbocycles. The van der Waals surface area contributed by atoms with Crippen LogP contribution >= 0.6 is 0 Å². The van der Waals surface area contributed by atoms with Crippen LogP contribution in [0.3, 0.4) is 0 Å². The summed E-state index contributed by atoms with van der Waals surface area (Å²) in [5.74, 6) is -1.29. The summed E-state index contributed by atoms with van der Waals surface area (Å²) in [4.78, 5) is 13.5. The fraction of sp³-hybridized carbons (Fsp3) is 0.462. The van der Waals surface area contributed by atoms with Gasteiger partial charge in [-0.2, -0.15) is 0 Å². The normalized spacial score (nSPS) is 19.7. The molecular weight excluding hydrogens is 252 g/mol. The molecule has 1 fully saturated rings. The fourth-order valence-electron chi connectivity index (χ4n) is 2.13. The van der Waals surface area contributed by atoms with E-state index in [0.29, 0.717) is 13.1 Å². The second-order valence-corrected chi connectivity index (χ2v) is 5.30. The lowest BCUT2D eigenvalue weighted by Gasteiger charge is -2.33. The number of rotatable bonds is 3. The van der Waals surface area contributed by atoms with Crippen molar-refractivity contribution in [3.8, 4) is 0 Å². The first-order valence-corrected chi connectivity index (χ1v) is 6.08. The minimum Gasteiger partial charge on any atom is -0.329 e. The van der Waals surface area contributed by atoms with Crippen LogP contribution < -0.4 is 11.1 Å². The van der Waals surface area contributed by atoms with E-state index in [4.69, 9.17) is 5.73 Å². The molecule has 3 N–H and O–H groups in total. The second-order valence-electron chi connectivity index (χ2n) is 5.30. The molecule has 2 amide bonds. The first-order valence-electron chi connectivity index (χ1n) is 6.08. The molecule has 0 bridgehead atoms. The number of carbonyl (C=O) groups is 1. The van der Waals surface area contributed by atoms with Gasteiger partial charge in [0, 0.05) is 24.7 Å². The lowest BCUT2D eigenvalue weighted by molar-refractivity contribution is 0.163. The minimum atomic E-state index is -0.655. The van der Waals surface area contributed by atoms with Crippen LogP contribution in [0.1, 0.15) is 25.5 Å². The Labute approximate surface area is 110 Å². The summed E-state index contributed by atoms with van der Waals surface area (Å²) < 4.78 is 26.6. The van der Waals surface area contributed by atoms with E-state index in [1.165, 1.54) is 12.1 Å². The molecule has 2 rings (SSSR count). The third-order valence-electron chi connectivity index (χ3n) is 3.48. The van der Waals surface area contributed by atoms with Gasteiger partial charge in [0.25, 0.3) is 0 Å². The van der Waals surface area contributed by atoms with Gasteiger partial charge in [0.1, 0.15) is 11.6 Å². The molecule has 0 radical (unpaired) electrons. The van der Waals surface area contributed by atoms with Crippen molar-refractivity contribution in [3.05, 3.63) is 35.4 Å². The summed E-state index contributed by atoms with van der Waals surface area (Å²) in [6, 6.07) is 2.58. The maximum absolute atomic E-state index is 13.7.